The average Bonchev–Trinajstić information content (AvgIpc) is 3.26. The molecule has 1 amide bonds. The van der Waals surface area contributed by atoms with Crippen molar-refractivity contribution in [2.75, 3.05) is 41.7 Å². The number of hydrogen-bond donors (Lipinski definition) is 1. The minimum Gasteiger partial charge on any atom is -0.492 e. The first-order valence-corrected chi connectivity index (χ1v) is 12.0. The van der Waals surface area contributed by atoms with Crippen LogP contribution in [0.15, 0.2) is 48.5 Å². The molecule has 0 aliphatic carbocycles. The molecule has 162 valence electrons. The average molecular weight is 432 g/mol. The first-order chi connectivity index (χ1) is 14.4. The molecule has 2 aromatic rings. The Kier molecular flexibility index (Phi) is 7.20. The van der Waals surface area contributed by atoms with Crippen molar-refractivity contribution in [2.45, 2.75) is 26.3 Å². The number of para-hydroxylation sites is 2. The minimum atomic E-state index is -3.66. The lowest BCUT2D eigenvalue weighted by Gasteiger charge is -2.24. The van der Waals surface area contributed by atoms with E-state index in [9.17, 15) is 13.2 Å². The molecule has 2 aromatic carbocycles. The van der Waals surface area contributed by atoms with Gasteiger partial charge in [0.15, 0.2) is 0 Å². The highest BCUT2D eigenvalue weighted by atomic mass is 32.2. The molecule has 1 heterocycles. The Morgan fingerprint density at radius 3 is 2.40 bits per heavy atom. The van der Waals surface area contributed by atoms with Crippen molar-refractivity contribution in [3.8, 4) is 5.75 Å². The van der Waals surface area contributed by atoms with Crippen molar-refractivity contribution in [1.29, 1.82) is 0 Å². The van der Waals surface area contributed by atoms with Gasteiger partial charge in [-0.25, -0.2) is 8.42 Å². The van der Waals surface area contributed by atoms with Crippen LogP contribution in [-0.4, -0.2) is 46.8 Å². The van der Waals surface area contributed by atoms with Gasteiger partial charge in [0.2, 0.25) is 15.9 Å². The van der Waals surface area contributed by atoms with Crippen LogP contribution in [0.1, 0.15) is 25.3 Å². The molecule has 8 heteroatoms. The van der Waals surface area contributed by atoms with E-state index in [1.54, 1.807) is 24.3 Å². The lowest BCUT2D eigenvalue weighted by Crippen LogP contribution is -2.40. The molecule has 1 N–H and O–H groups in total. The van der Waals surface area contributed by atoms with E-state index in [1.165, 1.54) is 18.5 Å². The van der Waals surface area contributed by atoms with Crippen molar-refractivity contribution in [1.82, 2.24) is 5.32 Å². The molecule has 0 bridgehead atoms. The zero-order valence-corrected chi connectivity index (χ0v) is 18.3. The van der Waals surface area contributed by atoms with Gasteiger partial charge in [0, 0.05) is 25.3 Å². The number of carbonyl (C=O) groups excluding carboxylic acids is 1. The van der Waals surface area contributed by atoms with Crippen LogP contribution in [0, 0.1) is 0 Å². The summed E-state index contributed by atoms with van der Waals surface area (Å²) in [6.45, 7) is 4.41. The molecule has 1 saturated heterocycles. The van der Waals surface area contributed by atoms with Crippen LogP contribution in [0.4, 0.5) is 11.4 Å². The van der Waals surface area contributed by atoms with Crippen molar-refractivity contribution < 1.29 is 17.9 Å². The fraction of sp³-hybridized carbons (Fsp3) is 0.409. The van der Waals surface area contributed by atoms with E-state index in [1.807, 2.05) is 19.1 Å². The zero-order valence-electron chi connectivity index (χ0n) is 17.5. The van der Waals surface area contributed by atoms with Gasteiger partial charge in [-0.2, -0.15) is 0 Å². The number of rotatable bonds is 9. The summed E-state index contributed by atoms with van der Waals surface area (Å²) in [4.78, 5) is 14.9. The van der Waals surface area contributed by atoms with Crippen molar-refractivity contribution in [2.24, 2.45) is 0 Å². The maximum atomic E-state index is 12.5. The van der Waals surface area contributed by atoms with Crippen LogP contribution >= 0.6 is 0 Å². The Morgan fingerprint density at radius 2 is 1.77 bits per heavy atom. The van der Waals surface area contributed by atoms with Gasteiger partial charge in [-0.05, 0) is 49.6 Å². The molecular weight excluding hydrogens is 402 g/mol. The number of hydrogen-bond acceptors (Lipinski definition) is 5. The Morgan fingerprint density at radius 1 is 1.10 bits per heavy atom. The Labute approximate surface area is 178 Å². The molecule has 0 spiro atoms. The lowest BCUT2D eigenvalue weighted by atomic mass is 10.2. The Balaban J connectivity index is 1.64. The van der Waals surface area contributed by atoms with Gasteiger partial charge in [0.25, 0.3) is 0 Å². The number of nitrogens with one attached hydrogen (secondary N) is 1. The maximum absolute atomic E-state index is 12.5. The highest BCUT2D eigenvalue weighted by molar-refractivity contribution is 7.92. The second kappa shape index (κ2) is 9.84. The second-order valence-electron chi connectivity index (χ2n) is 7.31. The van der Waals surface area contributed by atoms with Crippen LogP contribution in [0.25, 0.3) is 0 Å². The highest BCUT2D eigenvalue weighted by Crippen LogP contribution is 2.29. The summed E-state index contributed by atoms with van der Waals surface area (Å²) >= 11 is 0. The van der Waals surface area contributed by atoms with Gasteiger partial charge in [-0.3, -0.25) is 9.10 Å². The molecule has 0 aromatic heterocycles. The Hall–Kier alpha value is -2.74. The summed E-state index contributed by atoms with van der Waals surface area (Å²) in [5.41, 5.74) is 2.51. The van der Waals surface area contributed by atoms with E-state index < -0.39 is 10.0 Å². The second-order valence-corrected chi connectivity index (χ2v) is 9.21. The van der Waals surface area contributed by atoms with Crippen LogP contribution in [0.2, 0.25) is 0 Å². The third-order valence-electron chi connectivity index (χ3n) is 5.02. The molecule has 30 heavy (non-hydrogen) atoms. The van der Waals surface area contributed by atoms with E-state index in [-0.39, 0.29) is 12.5 Å². The molecule has 1 fully saturated rings. The number of ether oxygens (including phenoxy) is 1. The lowest BCUT2D eigenvalue weighted by molar-refractivity contribution is -0.119. The van der Waals surface area contributed by atoms with Crippen LogP contribution < -0.4 is 19.3 Å². The third-order valence-corrected chi connectivity index (χ3v) is 6.15. The topological polar surface area (TPSA) is 79.0 Å². The first kappa shape index (κ1) is 22.0. The summed E-state index contributed by atoms with van der Waals surface area (Å²) < 4.78 is 31.3. The molecular formula is C22H29N3O4S. The molecule has 1 aliphatic heterocycles. The van der Waals surface area contributed by atoms with Gasteiger partial charge in [0.1, 0.15) is 12.3 Å². The van der Waals surface area contributed by atoms with Gasteiger partial charge in [0.05, 0.1) is 18.6 Å². The van der Waals surface area contributed by atoms with Gasteiger partial charge < -0.3 is 15.0 Å². The fourth-order valence-corrected chi connectivity index (χ4v) is 4.37. The predicted octanol–water partition coefficient (Wildman–Crippen LogP) is 2.77. The van der Waals surface area contributed by atoms with Crippen LogP contribution in [0.5, 0.6) is 5.75 Å². The number of carbonyl (C=O) groups is 1. The standard InChI is InChI=1S/C22H29N3O4S/c1-3-29-21-9-5-4-8-20(21)25(30(2,27)28)17-22(26)23-16-18-10-12-19(13-11-18)24-14-6-7-15-24/h4-5,8-13H,3,6-7,14-17H2,1-2H3,(H,23,26). The molecule has 7 nitrogen and oxygen atoms in total. The van der Waals surface area contributed by atoms with E-state index in [0.29, 0.717) is 24.6 Å². The third kappa shape index (κ3) is 5.66. The molecule has 0 saturated carbocycles. The van der Waals surface area contributed by atoms with Gasteiger partial charge in [-0.15, -0.1) is 0 Å². The first-order valence-electron chi connectivity index (χ1n) is 10.2. The SMILES string of the molecule is CCOc1ccccc1N(CC(=O)NCc1ccc(N2CCCC2)cc1)S(C)(=O)=O. The predicted molar refractivity (Wildman–Crippen MR) is 120 cm³/mol. The number of nitrogens with zero attached hydrogens (tertiary/aromatic N) is 2. The smallest absolute Gasteiger partial charge is 0.241 e. The van der Waals surface area contributed by atoms with Gasteiger partial charge in [-0.1, -0.05) is 24.3 Å². The van der Waals surface area contributed by atoms with Crippen LogP contribution in [0.3, 0.4) is 0 Å². The van der Waals surface area contributed by atoms with Crippen molar-refractivity contribution in [3.05, 3.63) is 54.1 Å². The molecule has 1 aliphatic rings. The maximum Gasteiger partial charge on any atom is 0.241 e. The number of sulfonamides is 1. The summed E-state index contributed by atoms with van der Waals surface area (Å²) in [5, 5.41) is 2.81. The van der Waals surface area contributed by atoms with Crippen molar-refractivity contribution in [3.63, 3.8) is 0 Å². The normalized spacial score (nSPS) is 13.9. The van der Waals surface area contributed by atoms with E-state index in [2.05, 4.69) is 22.3 Å². The summed E-state index contributed by atoms with van der Waals surface area (Å²) in [6.07, 6.45) is 3.53. The Bertz CT molecular complexity index is 955. The molecule has 0 radical (unpaired) electrons. The largest absolute Gasteiger partial charge is 0.492 e. The highest BCUT2D eigenvalue weighted by Gasteiger charge is 2.23. The quantitative estimate of drug-likeness (QED) is 0.661. The number of anilines is 2. The van der Waals surface area contributed by atoms with E-state index in [4.69, 9.17) is 4.74 Å². The van der Waals surface area contributed by atoms with E-state index >= 15 is 0 Å². The monoisotopic (exact) mass is 431 g/mol. The zero-order chi connectivity index (χ0) is 21.6. The number of benzene rings is 2. The molecule has 3 rings (SSSR count). The van der Waals surface area contributed by atoms with Crippen LogP contribution in [-0.2, 0) is 21.4 Å². The van der Waals surface area contributed by atoms with Crippen molar-refractivity contribution >= 4 is 27.3 Å². The summed E-state index contributed by atoms with van der Waals surface area (Å²) in [5.74, 6) is 0.0473. The molecule has 0 unspecified atom stereocenters. The number of amides is 1. The fourth-order valence-electron chi connectivity index (χ4n) is 3.51. The minimum absolute atomic E-state index is 0.311. The summed E-state index contributed by atoms with van der Waals surface area (Å²) in [6, 6.07) is 14.9. The summed E-state index contributed by atoms with van der Waals surface area (Å²) in [7, 11) is -3.66. The molecule has 0 atom stereocenters. The van der Waals surface area contributed by atoms with E-state index in [0.717, 1.165) is 29.2 Å². The van der Waals surface area contributed by atoms with Gasteiger partial charge >= 0.3 is 0 Å².